The molecule has 13 rings (SSSR count). The summed E-state index contributed by atoms with van der Waals surface area (Å²) in [5, 5.41) is 24.3. The molecule has 13 aromatic carbocycles. The van der Waals surface area contributed by atoms with Crippen molar-refractivity contribution in [3.8, 4) is 0 Å². The summed E-state index contributed by atoms with van der Waals surface area (Å²) in [5.41, 5.74) is 0. The fraction of sp³-hybridized carbons (Fsp3) is 0.0820. The third kappa shape index (κ3) is 8.45. The smallest absolute Gasteiger partial charge is 0.00264 e. The molecule has 0 amide bonds. The average Bonchev–Trinajstić information content (AvgIpc) is 3.28. The van der Waals surface area contributed by atoms with Crippen LogP contribution in [0, 0.1) is 0 Å². The minimum atomic E-state index is 0. The van der Waals surface area contributed by atoms with Gasteiger partial charge < -0.3 is 0 Å². The van der Waals surface area contributed by atoms with Crippen molar-refractivity contribution in [1.82, 2.24) is 0 Å². The lowest BCUT2D eigenvalue weighted by Gasteiger charge is -2.13. The van der Waals surface area contributed by atoms with Crippen molar-refractivity contribution in [3.05, 3.63) is 231 Å². The lowest BCUT2D eigenvalue weighted by Crippen LogP contribution is -1.85. The molecule has 0 bridgehead atoms. The van der Waals surface area contributed by atoms with Crippen molar-refractivity contribution in [2.75, 3.05) is 0 Å². The lowest BCUT2D eigenvalue weighted by atomic mass is 9.90. The van der Waals surface area contributed by atoms with Crippen LogP contribution in [-0.2, 0) is 0 Å². The minimum Gasteiger partial charge on any atom is -0.0776 e. The van der Waals surface area contributed by atoms with Crippen molar-refractivity contribution in [1.29, 1.82) is 0 Å². The highest BCUT2D eigenvalue weighted by Gasteiger charge is 2.11. The lowest BCUT2D eigenvalue weighted by molar-refractivity contribution is 1.72. The predicted octanol–water partition coefficient (Wildman–Crippen LogP) is 19.2. The molecule has 0 aromatic heterocycles. The molecule has 0 heteroatoms. The standard InChI is InChI=1S/C20H12.C16H10.C14H10.C6H6.5CH4/c1-5-13-6-2-11-17-18-12-4-8-14-7-3-10-16(20(14)18)15(9-1)19(13)17;1-3-11-7-9-13-5-2-6-14-10-8-12(4-1)15(11)16(13)14;1-2-6-12-10-14-8-4-3-7-13(14)9-11(12)5-1;1-2-4-6-5-3-1;;;;;/h1-12H;1-10H;1-10H;1-6H;5*1H4. The van der Waals surface area contributed by atoms with Crippen LogP contribution in [-0.4, -0.2) is 0 Å². The van der Waals surface area contributed by atoms with Gasteiger partial charge >= 0.3 is 0 Å². The Morgan fingerprint density at radius 3 is 0.590 bits per heavy atom. The molecular formula is C61H58. The highest BCUT2D eigenvalue weighted by atomic mass is 14.1. The molecule has 0 nitrogen and oxygen atoms in total. The summed E-state index contributed by atoms with van der Waals surface area (Å²) in [6.07, 6.45) is 0. The van der Waals surface area contributed by atoms with Gasteiger partial charge in [-0.15, -0.1) is 0 Å². The molecule has 0 heterocycles. The van der Waals surface area contributed by atoms with Gasteiger partial charge in [-0.05, 0) is 109 Å². The van der Waals surface area contributed by atoms with Gasteiger partial charge in [0.25, 0.3) is 0 Å². The fourth-order valence-corrected chi connectivity index (χ4v) is 8.52. The van der Waals surface area contributed by atoms with Gasteiger partial charge in [-0.3, -0.25) is 0 Å². The van der Waals surface area contributed by atoms with E-state index in [0.29, 0.717) is 0 Å². The molecule has 0 fully saturated rings. The Morgan fingerprint density at radius 1 is 0.148 bits per heavy atom. The SMILES string of the molecule is C.C.C.C.C.c1cc2ccc3cccc4ccc(c1)c2c34.c1cc2cccc3c4cccc5cccc(c(c1)c23)c54.c1ccc2cc3ccccc3cc2c1.c1ccccc1. The van der Waals surface area contributed by atoms with Gasteiger partial charge in [0.1, 0.15) is 0 Å². The Balaban J connectivity index is 0.000000158. The Kier molecular flexibility index (Phi) is 14.4. The van der Waals surface area contributed by atoms with E-state index in [4.69, 9.17) is 0 Å². The summed E-state index contributed by atoms with van der Waals surface area (Å²) in [5.74, 6) is 0. The topological polar surface area (TPSA) is 0 Å². The van der Waals surface area contributed by atoms with Crippen LogP contribution in [0.4, 0.5) is 0 Å². The molecule has 0 unspecified atom stereocenters. The van der Waals surface area contributed by atoms with Crippen LogP contribution in [0.25, 0.3) is 97.0 Å². The van der Waals surface area contributed by atoms with Gasteiger partial charge in [-0.25, -0.2) is 0 Å². The number of hydrogen-bond donors (Lipinski definition) is 0. The predicted molar refractivity (Wildman–Crippen MR) is 279 cm³/mol. The van der Waals surface area contributed by atoms with Gasteiger partial charge in [0, 0.05) is 0 Å². The first-order valence-electron chi connectivity index (χ1n) is 19.3. The second-order valence-corrected chi connectivity index (χ2v) is 14.4. The second-order valence-electron chi connectivity index (χ2n) is 14.4. The van der Waals surface area contributed by atoms with Crippen molar-refractivity contribution in [2.45, 2.75) is 37.1 Å². The van der Waals surface area contributed by atoms with E-state index in [1.165, 1.54) is 97.0 Å². The first-order chi connectivity index (χ1) is 27.8. The van der Waals surface area contributed by atoms with E-state index in [9.17, 15) is 0 Å². The van der Waals surface area contributed by atoms with E-state index in [2.05, 4.69) is 194 Å². The molecule has 0 aliphatic carbocycles. The maximum absolute atomic E-state index is 2.25. The van der Waals surface area contributed by atoms with Crippen molar-refractivity contribution < 1.29 is 0 Å². The fourth-order valence-electron chi connectivity index (χ4n) is 8.52. The van der Waals surface area contributed by atoms with E-state index >= 15 is 0 Å². The molecule has 0 spiro atoms. The Bertz CT molecular complexity index is 2980. The van der Waals surface area contributed by atoms with E-state index in [0.717, 1.165) is 0 Å². The van der Waals surface area contributed by atoms with Crippen LogP contribution in [0.15, 0.2) is 231 Å². The molecule has 0 radical (unpaired) electrons. The zero-order valence-corrected chi connectivity index (χ0v) is 30.9. The first-order valence-corrected chi connectivity index (χ1v) is 19.3. The summed E-state index contributed by atoms with van der Waals surface area (Å²) in [7, 11) is 0. The molecule has 302 valence electrons. The van der Waals surface area contributed by atoms with E-state index in [1.807, 2.05) is 36.4 Å². The number of benzene rings is 13. The van der Waals surface area contributed by atoms with Crippen LogP contribution in [0.5, 0.6) is 0 Å². The summed E-state index contributed by atoms with van der Waals surface area (Å²) in [4.78, 5) is 0. The number of rotatable bonds is 0. The van der Waals surface area contributed by atoms with Gasteiger partial charge in [0.05, 0.1) is 0 Å². The van der Waals surface area contributed by atoms with Crippen LogP contribution in [0.2, 0.25) is 0 Å². The van der Waals surface area contributed by atoms with Gasteiger partial charge in [0.15, 0.2) is 0 Å². The Labute approximate surface area is 363 Å². The van der Waals surface area contributed by atoms with E-state index in [1.54, 1.807) is 0 Å². The monoisotopic (exact) mass is 790 g/mol. The molecule has 13 aromatic rings. The van der Waals surface area contributed by atoms with Gasteiger partial charge in [-0.2, -0.15) is 0 Å². The number of fused-ring (bicyclic) bond motifs is 4. The molecule has 0 N–H and O–H groups in total. The van der Waals surface area contributed by atoms with Crippen molar-refractivity contribution in [3.63, 3.8) is 0 Å². The summed E-state index contributed by atoms with van der Waals surface area (Å²) >= 11 is 0. The maximum atomic E-state index is 2.25. The van der Waals surface area contributed by atoms with Crippen LogP contribution < -0.4 is 0 Å². The van der Waals surface area contributed by atoms with Crippen molar-refractivity contribution >= 4 is 97.0 Å². The second kappa shape index (κ2) is 19.6. The van der Waals surface area contributed by atoms with Crippen LogP contribution in [0.3, 0.4) is 0 Å². The molecular weight excluding hydrogens is 733 g/mol. The average molecular weight is 791 g/mol. The van der Waals surface area contributed by atoms with Gasteiger partial charge in [-0.1, -0.05) is 256 Å². The molecule has 0 saturated carbocycles. The molecule has 0 atom stereocenters. The highest BCUT2D eigenvalue weighted by molar-refractivity contribution is 6.32. The Morgan fingerprint density at radius 2 is 0.344 bits per heavy atom. The van der Waals surface area contributed by atoms with Gasteiger partial charge in [0.2, 0.25) is 0 Å². The third-order valence-corrected chi connectivity index (χ3v) is 11.1. The normalized spacial score (nSPS) is 10.3. The number of hydrogen-bond acceptors (Lipinski definition) is 0. The zero-order valence-electron chi connectivity index (χ0n) is 30.9. The highest BCUT2D eigenvalue weighted by Crippen LogP contribution is 2.40. The summed E-state index contributed by atoms with van der Waals surface area (Å²) < 4.78 is 0. The zero-order chi connectivity index (χ0) is 37.3. The molecule has 0 saturated heterocycles. The molecule has 0 aliphatic heterocycles. The minimum absolute atomic E-state index is 0. The largest absolute Gasteiger partial charge is 0.0776 e. The van der Waals surface area contributed by atoms with Crippen molar-refractivity contribution in [2.24, 2.45) is 0 Å². The summed E-state index contributed by atoms with van der Waals surface area (Å²) in [6, 6.07) is 81.7. The van der Waals surface area contributed by atoms with E-state index < -0.39 is 0 Å². The first kappa shape index (κ1) is 44.8. The van der Waals surface area contributed by atoms with E-state index in [-0.39, 0.29) is 37.1 Å². The summed E-state index contributed by atoms with van der Waals surface area (Å²) in [6.45, 7) is 0. The quantitative estimate of drug-likeness (QED) is 0.106. The van der Waals surface area contributed by atoms with Crippen LogP contribution >= 0.6 is 0 Å². The third-order valence-electron chi connectivity index (χ3n) is 11.1. The Hall–Kier alpha value is -7.28. The maximum Gasteiger partial charge on any atom is -0.00264 e. The molecule has 61 heavy (non-hydrogen) atoms. The molecule has 0 aliphatic rings. The van der Waals surface area contributed by atoms with Crippen LogP contribution in [0.1, 0.15) is 37.1 Å².